The third-order valence-corrected chi connectivity index (χ3v) is 3.06. The minimum absolute atomic E-state index is 0.481. The molecule has 0 aliphatic carbocycles. The van der Waals surface area contributed by atoms with Crippen molar-refractivity contribution in [2.45, 2.75) is 20.4 Å². The number of methoxy groups -OCH3 is 2. The number of nitrogens with one attached hydrogen (secondary N) is 1. The summed E-state index contributed by atoms with van der Waals surface area (Å²) in [6.07, 6.45) is 0. The first-order chi connectivity index (χ1) is 8.62. The van der Waals surface area contributed by atoms with Crippen LogP contribution in [0.3, 0.4) is 0 Å². The van der Waals surface area contributed by atoms with Crippen LogP contribution in [0, 0.1) is 12.8 Å². The number of aryl methyl sites for hydroxylation is 1. The highest BCUT2D eigenvalue weighted by Crippen LogP contribution is 2.28. The summed E-state index contributed by atoms with van der Waals surface area (Å²) in [6.45, 7) is 6.58. The van der Waals surface area contributed by atoms with E-state index in [1.807, 2.05) is 12.1 Å². The van der Waals surface area contributed by atoms with Gasteiger partial charge in [0.2, 0.25) is 0 Å². The fourth-order valence-corrected chi connectivity index (χ4v) is 1.81. The molecule has 3 N–H and O–H groups in total. The van der Waals surface area contributed by atoms with Crippen LogP contribution < -0.4 is 20.5 Å². The summed E-state index contributed by atoms with van der Waals surface area (Å²) in [5, 5.41) is 3.40. The molecule has 0 heterocycles. The highest BCUT2D eigenvalue weighted by atomic mass is 16.5. The van der Waals surface area contributed by atoms with E-state index in [4.69, 9.17) is 15.2 Å². The maximum absolute atomic E-state index is 5.59. The number of hydrogen-bond acceptors (Lipinski definition) is 4. The van der Waals surface area contributed by atoms with Gasteiger partial charge in [0.1, 0.15) is 11.5 Å². The molecule has 1 rings (SSSR count). The Balaban J connectivity index is 2.75. The van der Waals surface area contributed by atoms with Crippen LogP contribution in [-0.4, -0.2) is 27.3 Å². The maximum Gasteiger partial charge on any atom is 0.127 e. The Bertz CT molecular complexity index is 380. The van der Waals surface area contributed by atoms with E-state index >= 15 is 0 Å². The Hall–Kier alpha value is -1.26. The lowest BCUT2D eigenvalue weighted by molar-refractivity contribution is 0.388. The number of nitrogens with two attached hydrogens (primary N) is 1. The van der Waals surface area contributed by atoms with E-state index in [0.717, 1.165) is 24.6 Å². The predicted molar refractivity (Wildman–Crippen MR) is 74.2 cm³/mol. The zero-order chi connectivity index (χ0) is 13.5. The van der Waals surface area contributed by atoms with Gasteiger partial charge in [0.15, 0.2) is 0 Å². The van der Waals surface area contributed by atoms with E-state index in [2.05, 4.69) is 19.2 Å². The smallest absolute Gasteiger partial charge is 0.127 e. The second-order valence-electron chi connectivity index (χ2n) is 4.60. The summed E-state index contributed by atoms with van der Waals surface area (Å²) in [5.41, 5.74) is 7.93. The third kappa shape index (κ3) is 3.89. The molecule has 0 aromatic heterocycles. The SMILES string of the molecule is COc1cc(C)c(CNCC(C)CN)c(OC)c1. The van der Waals surface area contributed by atoms with Crippen molar-refractivity contribution in [3.05, 3.63) is 23.3 Å². The summed E-state index contributed by atoms with van der Waals surface area (Å²) < 4.78 is 10.6. The topological polar surface area (TPSA) is 56.5 Å². The van der Waals surface area contributed by atoms with E-state index in [1.165, 1.54) is 11.1 Å². The molecule has 1 aromatic carbocycles. The van der Waals surface area contributed by atoms with Gasteiger partial charge in [-0.2, -0.15) is 0 Å². The van der Waals surface area contributed by atoms with E-state index in [-0.39, 0.29) is 0 Å². The summed E-state index contributed by atoms with van der Waals surface area (Å²) in [7, 11) is 3.34. The monoisotopic (exact) mass is 252 g/mol. The second-order valence-corrected chi connectivity index (χ2v) is 4.60. The molecule has 1 unspecified atom stereocenters. The van der Waals surface area contributed by atoms with Gasteiger partial charge in [0.25, 0.3) is 0 Å². The van der Waals surface area contributed by atoms with Crippen LogP contribution in [-0.2, 0) is 6.54 Å². The number of hydrogen-bond donors (Lipinski definition) is 2. The molecule has 1 aromatic rings. The first kappa shape index (κ1) is 14.8. The Morgan fingerprint density at radius 2 is 2.00 bits per heavy atom. The van der Waals surface area contributed by atoms with Crippen molar-refractivity contribution in [2.75, 3.05) is 27.3 Å². The van der Waals surface area contributed by atoms with E-state index < -0.39 is 0 Å². The molecule has 0 bridgehead atoms. The molecular formula is C14H24N2O2. The van der Waals surface area contributed by atoms with Crippen molar-refractivity contribution in [3.8, 4) is 11.5 Å². The van der Waals surface area contributed by atoms with E-state index in [0.29, 0.717) is 12.5 Å². The molecule has 0 radical (unpaired) electrons. The van der Waals surface area contributed by atoms with E-state index in [1.54, 1.807) is 14.2 Å². The zero-order valence-electron chi connectivity index (χ0n) is 11.7. The molecule has 0 amide bonds. The molecule has 0 saturated heterocycles. The van der Waals surface area contributed by atoms with Crippen LogP contribution in [0.25, 0.3) is 0 Å². The first-order valence-electron chi connectivity index (χ1n) is 6.24. The third-order valence-electron chi connectivity index (χ3n) is 3.06. The molecule has 4 nitrogen and oxygen atoms in total. The van der Waals surface area contributed by atoms with Crippen LogP contribution >= 0.6 is 0 Å². The summed E-state index contributed by atoms with van der Waals surface area (Å²) >= 11 is 0. The molecule has 0 fully saturated rings. The van der Waals surface area contributed by atoms with Crippen molar-refractivity contribution in [1.29, 1.82) is 0 Å². The van der Waals surface area contributed by atoms with Crippen molar-refractivity contribution in [1.82, 2.24) is 5.32 Å². The van der Waals surface area contributed by atoms with Gasteiger partial charge in [0.05, 0.1) is 14.2 Å². The Kier molecular flexibility index (Phi) is 5.95. The molecule has 0 spiro atoms. The predicted octanol–water partition coefficient (Wildman–Crippen LogP) is 1.70. The van der Waals surface area contributed by atoms with Crippen LogP contribution in [0.2, 0.25) is 0 Å². The number of ether oxygens (including phenoxy) is 2. The highest BCUT2D eigenvalue weighted by molar-refractivity contribution is 5.46. The average Bonchev–Trinajstić information content (AvgIpc) is 2.39. The van der Waals surface area contributed by atoms with Gasteiger partial charge in [-0.05, 0) is 37.6 Å². The first-order valence-corrected chi connectivity index (χ1v) is 6.24. The molecule has 18 heavy (non-hydrogen) atoms. The minimum atomic E-state index is 0.481. The lowest BCUT2D eigenvalue weighted by Crippen LogP contribution is -2.26. The van der Waals surface area contributed by atoms with Crippen molar-refractivity contribution in [2.24, 2.45) is 11.7 Å². The zero-order valence-corrected chi connectivity index (χ0v) is 11.7. The summed E-state index contributed by atoms with van der Waals surface area (Å²) in [5.74, 6) is 2.16. The Morgan fingerprint density at radius 1 is 1.28 bits per heavy atom. The van der Waals surface area contributed by atoms with Gasteiger partial charge in [-0.1, -0.05) is 6.92 Å². The van der Waals surface area contributed by atoms with Crippen LogP contribution in [0.15, 0.2) is 12.1 Å². The second kappa shape index (κ2) is 7.24. The molecule has 0 aliphatic heterocycles. The lowest BCUT2D eigenvalue weighted by atomic mass is 10.1. The van der Waals surface area contributed by atoms with Crippen molar-refractivity contribution in [3.63, 3.8) is 0 Å². The largest absolute Gasteiger partial charge is 0.497 e. The van der Waals surface area contributed by atoms with Gasteiger partial charge in [-0.15, -0.1) is 0 Å². The number of rotatable bonds is 7. The average molecular weight is 252 g/mol. The van der Waals surface area contributed by atoms with Crippen molar-refractivity contribution < 1.29 is 9.47 Å². The molecule has 1 atom stereocenters. The van der Waals surface area contributed by atoms with E-state index in [9.17, 15) is 0 Å². The summed E-state index contributed by atoms with van der Waals surface area (Å²) in [6, 6.07) is 3.93. The quantitative estimate of drug-likeness (QED) is 0.775. The normalized spacial score (nSPS) is 12.3. The molecule has 4 heteroatoms. The van der Waals surface area contributed by atoms with Gasteiger partial charge in [0, 0.05) is 18.2 Å². The van der Waals surface area contributed by atoms with Crippen LogP contribution in [0.4, 0.5) is 0 Å². The van der Waals surface area contributed by atoms with Crippen LogP contribution in [0.5, 0.6) is 11.5 Å². The highest BCUT2D eigenvalue weighted by Gasteiger charge is 2.09. The van der Waals surface area contributed by atoms with Gasteiger partial charge < -0.3 is 20.5 Å². The molecule has 0 aliphatic rings. The summed E-state index contributed by atoms with van der Waals surface area (Å²) in [4.78, 5) is 0. The van der Waals surface area contributed by atoms with Gasteiger partial charge in [-0.25, -0.2) is 0 Å². The maximum atomic E-state index is 5.59. The fraction of sp³-hybridized carbons (Fsp3) is 0.571. The molecule has 0 saturated carbocycles. The van der Waals surface area contributed by atoms with Gasteiger partial charge >= 0.3 is 0 Å². The number of benzene rings is 1. The molecular weight excluding hydrogens is 228 g/mol. The Morgan fingerprint density at radius 3 is 2.56 bits per heavy atom. The Labute approximate surface area is 109 Å². The van der Waals surface area contributed by atoms with Crippen molar-refractivity contribution >= 4 is 0 Å². The van der Waals surface area contributed by atoms with Crippen LogP contribution in [0.1, 0.15) is 18.1 Å². The fourth-order valence-electron chi connectivity index (χ4n) is 1.81. The molecule has 102 valence electrons. The van der Waals surface area contributed by atoms with Gasteiger partial charge in [-0.3, -0.25) is 0 Å². The lowest BCUT2D eigenvalue weighted by Gasteiger charge is -2.15. The minimum Gasteiger partial charge on any atom is -0.497 e. The standard InChI is InChI=1S/C14H24N2O2/c1-10(7-15)8-16-9-13-11(2)5-12(17-3)6-14(13)18-4/h5-6,10,16H,7-9,15H2,1-4H3.